The van der Waals surface area contributed by atoms with Crippen LogP contribution in [-0.2, 0) is 9.59 Å². The van der Waals surface area contributed by atoms with Gasteiger partial charge in [-0.1, -0.05) is 19.3 Å². The van der Waals surface area contributed by atoms with Crippen molar-refractivity contribution in [2.75, 3.05) is 6.54 Å². The maximum Gasteiger partial charge on any atom is 0.391 e. The molecule has 120 valence electrons. The minimum absolute atomic E-state index is 0.0519. The van der Waals surface area contributed by atoms with Crippen molar-refractivity contribution in [3.63, 3.8) is 0 Å². The third-order valence-corrected chi connectivity index (χ3v) is 4.36. The summed E-state index contributed by atoms with van der Waals surface area (Å²) in [7, 11) is 0. The monoisotopic (exact) mass is 306 g/mol. The van der Waals surface area contributed by atoms with Gasteiger partial charge in [0.05, 0.1) is 13.0 Å². The predicted octanol–water partition coefficient (Wildman–Crippen LogP) is 2.23. The molecule has 21 heavy (non-hydrogen) atoms. The Hall–Kier alpha value is -1.27. The molecule has 2 fully saturated rings. The fourth-order valence-electron chi connectivity index (χ4n) is 3.30. The van der Waals surface area contributed by atoms with Crippen LogP contribution in [0.3, 0.4) is 0 Å². The summed E-state index contributed by atoms with van der Waals surface area (Å²) < 4.78 is 37.5. The van der Waals surface area contributed by atoms with Gasteiger partial charge >= 0.3 is 6.18 Å². The lowest BCUT2D eigenvalue weighted by atomic mass is 9.82. The highest BCUT2D eigenvalue weighted by Gasteiger charge is 2.42. The lowest BCUT2D eigenvalue weighted by Gasteiger charge is -2.40. The maximum absolute atomic E-state index is 12.5. The van der Waals surface area contributed by atoms with Crippen molar-refractivity contribution in [3.05, 3.63) is 0 Å². The minimum atomic E-state index is -4.34. The minimum Gasteiger partial charge on any atom is -0.342 e. The van der Waals surface area contributed by atoms with Crippen LogP contribution in [-0.4, -0.2) is 41.5 Å². The zero-order valence-electron chi connectivity index (χ0n) is 12.1. The van der Waals surface area contributed by atoms with Crippen LogP contribution in [0.15, 0.2) is 0 Å². The van der Waals surface area contributed by atoms with Crippen molar-refractivity contribution in [2.24, 2.45) is 5.92 Å². The SMILES string of the molecule is CC(CC(F)(F)F)N1CC(=O)NC(C2CCCCC2)C1=O. The van der Waals surface area contributed by atoms with Crippen LogP contribution in [0.5, 0.6) is 0 Å². The Kier molecular flexibility index (Phi) is 4.78. The van der Waals surface area contributed by atoms with Gasteiger partial charge in [-0.15, -0.1) is 0 Å². The number of carbonyl (C=O) groups excluding carboxylic acids is 2. The van der Waals surface area contributed by atoms with Crippen LogP contribution in [0, 0.1) is 5.92 Å². The second kappa shape index (κ2) is 6.23. The topological polar surface area (TPSA) is 49.4 Å². The third-order valence-electron chi connectivity index (χ3n) is 4.36. The fourth-order valence-corrected chi connectivity index (χ4v) is 3.30. The molecule has 1 N–H and O–H groups in total. The van der Waals surface area contributed by atoms with E-state index in [9.17, 15) is 22.8 Å². The summed E-state index contributed by atoms with van der Waals surface area (Å²) >= 11 is 0. The highest BCUT2D eigenvalue weighted by atomic mass is 19.4. The molecule has 1 heterocycles. The molecule has 0 radical (unpaired) electrons. The van der Waals surface area contributed by atoms with Gasteiger partial charge in [-0.2, -0.15) is 13.2 Å². The largest absolute Gasteiger partial charge is 0.391 e. The Labute approximate surface area is 122 Å². The molecule has 4 nitrogen and oxygen atoms in total. The molecular formula is C14H21F3N2O2. The van der Waals surface area contributed by atoms with E-state index >= 15 is 0 Å². The molecule has 0 bridgehead atoms. The van der Waals surface area contributed by atoms with Gasteiger partial charge in [0.15, 0.2) is 0 Å². The second-order valence-electron chi connectivity index (χ2n) is 6.08. The zero-order chi connectivity index (χ0) is 15.6. The molecule has 1 aliphatic carbocycles. The Morgan fingerprint density at radius 2 is 1.86 bits per heavy atom. The summed E-state index contributed by atoms with van der Waals surface area (Å²) in [5, 5.41) is 2.67. The normalized spacial score (nSPS) is 26.7. The Morgan fingerprint density at radius 1 is 1.24 bits per heavy atom. The van der Waals surface area contributed by atoms with E-state index < -0.39 is 24.7 Å². The van der Waals surface area contributed by atoms with Crippen LogP contribution >= 0.6 is 0 Å². The molecule has 2 atom stereocenters. The van der Waals surface area contributed by atoms with E-state index in [0.29, 0.717) is 0 Å². The van der Waals surface area contributed by atoms with E-state index in [0.717, 1.165) is 37.0 Å². The van der Waals surface area contributed by atoms with Crippen LogP contribution in [0.1, 0.15) is 45.4 Å². The van der Waals surface area contributed by atoms with E-state index in [1.165, 1.54) is 6.92 Å². The average molecular weight is 306 g/mol. The number of amides is 2. The molecule has 2 unspecified atom stereocenters. The number of halogens is 3. The fraction of sp³-hybridized carbons (Fsp3) is 0.857. The first-order chi connectivity index (χ1) is 9.78. The van der Waals surface area contributed by atoms with Crippen molar-refractivity contribution < 1.29 is 22.8 Å². The molecule has 0 aromatic rings. The van der Waals surface area contributed by atoms with Gasteiger partial charge in [0, 0.05) is 6.04 Å². The number of alkyl halides is 3. The Balaban J connectivity index is 2.07. The maximum atomic E-state index is 12.5. The van der Waals surface area contributed by atoms with Gasteiger partial charge in [0.1, 0.15) is 6.04 Å². The van der Waals surface area contributed by atoms with E-state index in [2.05, 4.69) is 5.32 Å². The number of nitrogens with zero attached hydrogens (tertiary/aromatic N) is 1. The molecule has 1 saturated carbocycles. The highest BCUT2D eigenvalue weighted by molar-refractivity contribution is 5.95. The quantitative estimate of drug-likeness (QED) is 0.869. The van der Waals surface area contributed by atoms with Crippen molar-refractivity contribution >= 4 is 11.8 Å². The van der Waals surface area contributed by atoms with E-state index in [4.69, 9.17) is 0 Å². The van der Waals surface area contributed by atoms with Crippen molar-refractivity contribution in [1.82, 2.24) is 10.2 Å². The molecule has 0 aromatic carbocycles. The van der Waals surface area contributed by atoms with Crippen molar-refractivity contribution in [3.8, 4) is 0 Å². The average Bonchev–Trinajstić information content (AvgIpc) is 2.40. The molecular weight excluding hydrogens is 285 g/mol. The van der Waals surface area contributed by atoms with Gasteiger partial charge in [0.25, 0.3) is 0 Å². The number of rotatable bonds is 3. The molecule has 7 heteroatoms. The lowest BCUT2D eigenvalue weighted by molar-refractivity contribution is -0.161. The van der Waals surface area contributed by atoms with Crippen LogP contribution in [0.2, 0.25) is 0 Å². The predicted molar refractivity (Wildman–Crippen MR) is 70.4 cm³/mol. The molecule has 1 aliphatic heterocycles. The van der Waals surface area contributed by atoms with E-state index in [1.54, 1.807) is 0 Å². The lowest BCUT2D eigenvalue weighted by Crippen LogP contribution is -2.62. The molecule has 2 rings (SSSR count). The number of piperazine rings is 1. The molecule has 1 saturated heterocycles. The number of carbonyl (C=O) groups is 2. The summed E-state index contributed by atoms with van der Waals surface area (Å²) in [6, 6.07) is -1.66. The molecule has 0 spiro atoms. The van der Waals surface area contributed by atoms with Crippen molar-refractivity contribution in [1.29, 1.82) is 0 Å². The van der Waals surface area contributed by atoms with Crippen molar-refractivity contribution in [2.45, 2.75) is 63.7 Å². The summed E-state index contributed by atoms with van der Waals surface area (Å²) in [4.78, 5) is 25.3. The Bertz CT molecular complexity index is 406. The first-order valence-electron chi connectivity index (χ1n) is 7.44. The number of hydrogen-bond donors (Lipinski definition) is 1. The molecule has 2 aliphatic rings. The summed E-state index contributed by atoms with van der Waals surface area (Å²) in [5.74, 6) is -0.673. The Morgan fingerprint density at radius 3 is 2.43 bits per heavy atom. The summed E-state index contributed by atoms with van der Waals surface area (Å²) in [6.07, 6.45) is -0.613. The van der Waals surface area contributed by atoms with E-state index in [-0.39, 0.29) is 24.3 Å². The smallest absolute Gasteiger partial charge is 0.342 e. The standard InChI is InChI=1S/C14H21F3N2O2/c1-9(7-14(15,16)17)19-8-11(20)18-12(13(19)21)10-5-3-2-4-6-10/h9-10,12H,2-8H2,1H3,(H,18,20). The van der Waals surface area contributed by atoms with Gasteiger partial charge in [0.2, 0.25) is 11.8 Å². The van der Waals surface area contributed by atoms with Crippen LogP contribution in [0.4, 0.5) is 13.2 Å². The number of nitrogens with one attached hydrogen (secondary N) is 1. The first-order valence-corrected chi connectivity index (χ1v) is 7.44. The van der Waals surface area contributed by atoms with Gasteiger partial charge < -0.3 is 10.2 Å². The summed E-state index contributed by atoms with van der Waals surface area (Å²) in [5.41, 5.74) is 0. The third kappa shape index (κ3) is 4.11. The van der Waals surface area contributed by atoms with Gasteiger partial charge in [-0.05, 0) is 25.7 Å². The zero-order valence-corrected chi connectivity index (χ0v) is 12.1. The van der Waals surface area contributed by atoms with Crippen LogP contribution in [0.25, 0.3) is 0 Å². The highest BCUT2D eigenvalue weighted by Crippen LogP contribution is 2.30. The summed E-state index contributed by atoms with van der Waals surface area (Å²) in [6.45, 7) is 1.07. The van der Waals surface area contributed by atoms with Gasteiger partial charge in [-0.3, -0.25) is 9.59 Å². The molecule has 2 amide bonds. The second-order valence-corrected chi connectivity index (χ2v) is 6.08. The molecule has 0 aromatic heterocycles. The number of hydrogen-bond acceptors (Lipinski definition) is 2. The van der Waals surface area contributed by atoms with Crippen LogP contribution < -0.4 is 5.32 Å². The first kappa shape index (κ1) is 16.1. The van der Waals surface area contributed by atoms with E-state index in [1.807, 2.05) is 0 Å². The van der Waals surface area contributed by atoms with Gasteiger partial charge in [-0.25, -0.2) is 0 Å².